The molecule has 2 aromatic rings. The van der Waals surface area contributed by atoms with Gasteiger partial charge in [-0.1, -0.05) is 83.4 Å². The summed E-state index contributed by atoms with van der Waals surface area (Å²) in [7, 11) is 0. The highest BCUT2D eigenvalue weighted by atomic mass is 16.5. The molecule has 174 valence electrons. The Labute approximate surface area is 194 Å². The first-order chi connectivity index (χ1) is 15.7. The van der Waals surface area contributed by atoms with Gasteiger partial charge in [-0.05, 0) is 60.9 Å². The monoisotopic (exact) mass is 436 g/mol. The Hall–Kier alpha value is -2.55. The van der Waals surface area contributed by atoms with Gasteiger partial charge in [0.25, 0.3) is 0 Å². The molecule has 0 amide bonds. The number of rotatable bonds is 17. The van der Waals surface area contributed by atoms with Crippen molar-refractivity contribution in [2.75, 3.05) is 13.2 Å². The van der Waals surface area contributed by atoms with Crippen molar-refractivity contribution in [3.05, 3.63) is 65.7 Å². The first kappa shape index (κ1) is 25.7. The predicted molar refractivity (Wildman–Crippen MR) is 135 cm³/mol. The zero-order valence-electron chi connectivity index (χ0n) is 20.0. The van der Waals surface area contributed by atoms with Gasteiger partial charge < -0.3 is 9.47 Å². The topological polar surface area (TPSA) is 35.5 Å². The molecule has 0 heterocycles. The third-order valence-corrected chi connectivity index (χ3v) is 5.48. The minimum absolute atomic E-state index is 0.0104. The molecule has 2 aromatic carbocycles. The molecule has 0 aliphatic carbocycles. The van der Waals surface area contributed by atoms with Crippen LogP contribution >= 0.6 is 0 Å². The van der Waals surface area contributed by atoms with Gasteiger partial charge in [-0.2, -0.15) is 0 Å². The molecule has 3 heteroatoms. The number of unbranched alkanes of at least 4 members (excludes halogenated alkanes) is 8. The molecule has 32 heavy (non-hydrogen) atoms. The number of carbonyl (C=O) groups excluding carboxylic acids is 1. The molecule has 0 aromatic heterocycles. The van der Waals surface area contributed by atoms with E-state index in [-0.39, 0.29) is 5.78 Å². The van der Waals surface area contributed by atoms with Crippen LogP contribution in [0.25, 0.3) is 6.08 Å². The van der Waals surface area contributed by atoms with Gasteiger partial charge in [-0.3, -0.25) is 4.79 Å². The van der Waals surface area contributed by atoms with Crippen LogP contribution in [0.2, 0.25) is 0 Å². The van der Waals surface area contributed by atoms with Gasteiger partial charge in [0.15, 0.2) is 5.78 Å². The fourth-order valence-electron chi connectivity index (χ4n) is 3.45. The van der Waals surface area contributed by atoms with E-state index < -0.39 is 0 Å². The quantitative estimate of drug-likeness (QED) is 0.142. The van der Waals surface area contributed by atoms with E-state index in [1.165, 1.54) is 51.4 Å². The van der Waals surface area contributed by atoms with Crippen LogP contribution in [-0.4, -0.2) is 19.0 Å². The van der Waals surface area contributed by atoms with Crippen LogP contribution in [0.1, 0.15) is 94.0 Å². The number of hydrogen-bond acceptors (Lipinski definition) is 3. The summed E-state index contributed by atoms with van der Waals surface area (Å²) in [5, 5.41) is 0. The molecule has 0 bridgehead atoms. The average Bonchev–Trinajstić information content (AvgIpc) is 2.83. The summed E-state index contributed by atoms with van der Waals surface area (Å²) in [6.45, 7) is 5.93. The minimum Gasteiger partial charge on any atom is -0.494 e. The van der Waals surface area contributed by atoms with Crippen LogP contribution in [0.5, 0.6) is 11.5 Å². The standard InChI is InChI=1S/C29H40O3/c1-3-5-7-9-10-12-24-32-28-20-16-26(17-21-28)29(30)22-15-25-13-18-27(19-14-25)31-23-11-8-6-4-2/h13-22H,3-12,23-24H2,1-2H3/b22-15+. The molecule has 0 aliphatic rings. The maximum atomic E-state index is 12.5. The van der Waals surface area contributed by atoms with Crippen molar-refractivity contribution >= 4 is 11.9 Å². The van der Waals surface area contributed by atoms with Gasteiger partial charge in [0.05, 0.1) is 13.2 Å². The largest absolute Gasteiger partial charge is 0.494 e. The Morgan fingerprint density at radius 1 is 0.656 bits per heavy atom. The SMILES string of the molecule is CCCCCCCCOc1ccc(C(=O)/C=C/c2ccc(OCCCCCC)cc2)cc1. The first-order valence-corrected chi connectivity index (χ1v) is 12.4. The molecular formula is C29H40O3. The van der Waals surface area contributed by atoms with Crippen molar-refractivity contribution < 1.29 is 14.3 Å². The van der Waals surface area contributed by atoms with Gasteiger partial charge in [0.2, 0.25) is 0 Å². The Balaban J connectivity index is 1.71. The minimum atomic E-state index is -0.0104. The second kappa shape index (κ2) is 16.1. The lowest BCUT2D eigenvalue weighted by molar-refractivity contribution is 0.104. The van der Waals surface area contributed by atoms with Gasteiger partial charge in [-0.15, -0.1) is 0 Å². The summed E-state index contributed by atoms with van der Waals surface area (Å²) in [4.78, 5) is 12.5. The smallest absolute Gasteiger partial charge is 0.185 e. The number of ketones is 1. The third kappa shape index (κ3) is 10.7. The molecule has 0 saturated heterocycles. The van der Waals surface area contributed by atoms with E-state index in [4.69, 9.17) is 9.47 Å². The van der Waals surface area contributed by atoms with Gasteiger partial charge >= 0.3 is 0 Å². The van der Waals surface area contributed by atoms with Crippen LogP contribution in [0, 0.1) is 0 Å². The van der Waals surface area contributed by atoms with E-state index in [2.05, 4.69) is 13.8 Å². The fourth-order valence-corrected chi connectivity index (χ4v) is 3.45. The molecular weight excluding hydrogens is 396 g/mol. The van der Waals surface area contributed by atoms with E-state index in [0.717, 1.165) is 43.1 Å². The van der Waals surface area contributed by atoms with Crippen LogP contribution in [0.15, 0.2) is 54.6 Å². The molecule has 0 saturated carbocycles. The fraction of sp³-hybridized carbons (Fsp3) is 0.483. The van der Waals surface area contributed by atoms with Crippen molar-refractivity contribution in [3.8, 4) is 11.5 Å². The van der Waals surface area contributed by atoms with Crippen molar-refractivity contribution in [1.29, 1.82) is 0 Å². The number of ether oxygens (including phenoxy) is 2. The van der Waals surface area contributed by atoms with Gasteiger partial charge in [-0.25, -0.2) is 0 Å². The van der Waals surface area contributed by atoms with E-state index in [9.17, 15) is 4.79 Å². The van der Waals surface area contributed by atoms with Crippen LogP contribution < -0.4 is 9.47 Å². The number of allylic oxidation sites excluding steroid dienone is 1. The van der Waals surface area contributed by atoms with Crippen LogP contribution in [0.4, 0.5) is 0 Å². The van der Waals surface area contributed by atoms with Crippen LogP contribution in [-0.2, 0) is 0 Å². The molecule has 0 unspecified atom stereocenters. The Morgan fingerprint density at radius 3 is 1.69 bits per heavy atom. The summed E-state index contributed by atoms with van der Waals surface area (Å²) >= 11 is 0. The Kier molecular flexibility index (Phi) is 13.0. The molecule has 2 rings (SSSR count). The molecule has 0 aliphatic heterocycles. The summed E-state index contributed by atoms with van der Waals surface area (Å²) in [6, 6.07) is 15.3. The number of carbonyl (C=O) groups is 1. The highest BCUT2D eigenvalue weighted by molar-refractivity contribution is 6.06. The lowest BCUT2D eigenvalue weighted by atomic mass is 10.1. The van der Waals surface area contributed by atoms with Gasteiger partial charge in [0, 0.05) is 5.56 Å². The number of benzene rings is 2. The van der Waals surface area contributed by atoms with E-state index in [1.54, 1.807) is 6.08 Å². The maximum Gasteiger partial charge on any atom is 0.185 e. The molecule has 0 N–H and O–H groups in total. The normalized spacial score (nSPS) is 11.1. The highest BCUT2D eigenvalue weighted by Gasteiger charge is 2.03. The molecule has 0 spiro atoms. The average molecular weight is 437 g/mol. The first-order valence-electron chi connectivity index (χ1n) is 12.4. The van der Waals surface area contributed by atoms with Crippen molar-refractivity contribution in [2.24, 2.45) is 0 Å². The summed E-state index contributed by atoms with van der Waals surface area (Å²) in [5.74, 6) is 1.69. The van der Waals surface area contributed by atoms with Crippen molar-refractivity contribution in [1.82, 2.24) is 0 Å². The second-order valence-corrected chi connectivity index (χ2v) is 8.32. The van der Waals surface area contributed by atoms with E-state index in [0.29, 0.717) is 5.56 Å². The van der Waals surface area contributed by atoms with E-state index in [1.807, 2.05) is 54.6 Å². The summed E-state index contributed by atoms with van der Waals surface area (Å²) in [6.07, 6.45) is 15.8. The number of hydrogen-bond donors (Lipinski definition) is 0. The Bertz CT molecular complexity index is 775. The predicted octanol–water partition coefficient (Wildman–Crippen LogP) is 8.28. The summed E-state index contributed by atoms with van der Waals surface area (Å²) in [5.41, 5.74) is 1.65. The van der Waals surface area contributed by atoms with Crippen molar-refractivity contribution in [3.63, 3.8) is 0 Å². The zero-order valence-corrected chi connectivity index (χ0v) is 20.0. The Morgan fingerprint density at radius 2 is 1.12 bits per heavy atom. The molecule has 0 radical (unpaired) electrons. The van der Waals surface area contributed by atoms with Crippen LogP contribution in [0.3, 0.4) is 0 Å². The summed E-state index contributed by atoms with van der Waals surface area (Å²) < 4.78 is 11.6. The third-order valence-electron chi connectivity index (χ3n) is 5.48. The molecule has 0 atom stereocenters. The van der Waals surface area contributed by atoms with E-state index >= 15 is 0 Å². The molecule has 3 nitrogen and oxygen atoms in total. The van der Waals surface area contributed by atoms with Crippen molar-refractivity contribution in [2.45, 2.75) is 78.1 Å². The lowest BCUT2D eigenvalue weighted by Gasteiger charge is -2.07. The zero-order chi connectivity index (χ0) is 22.9. The lowest BCUT2D eigenvalue weighted by Crippen LogP contribution is -1.99. The van der Waals surface area contributed by atoms with Gasteiger partial charge in [0.1, 0.15) is 11.5 Å². The molecule has 0 fully saturated rings. The highest BCUT2D eigenvalue weighted by Crippen LogP contribution is 2.16. The second-order valence-electron chi connectivity index (χ2n) is 8.32. The maximum absolute atomic E-state index is 12.5.